The highest BCUT2D eigenvalue weighted by Crippen LogP contribution is 2.21. The van der Waals surface area contributed by atoms with Crippen LogP contribution in [0, 0.1) is 18.7 Å². The SMILES string of the molecule is CCCC(=O)NCC1CCCN(Cc2nc(-c3ccc(C)c(F)c3)no2)C1. The second kappa shape index (κ2) is 9.08. The molecule has 0 bridgehead atoms. The van der Waals surface area contributed by atoms with E-state index in [2.05, 4.69) is 20.4 Å². The van der Waals surface area contributed by atoms with Crippen LogP contribution in [-0.2, 0) is 11.3 Å². The first-order valence-corrected chi connectivity index (χ1v) is 9.63. The molecule has 7 heteroatoms. The van der Waals surface area contributed by atoms with Crippen LogP contribution in [-0.4, -0.2) is 40.6 Å². The number of hydrogen-bond acceptors (Lipinski definition) is 5. The number of likely N-dealkylation sites (tertiary alicyclic amines) is 1. The second-order valence-corrected chi connectivity index (χ2v) is 7.27. The Kier molecular flexibility index (Phi) is 6.55. The molecule has 1 unspecified atom stereocenters. The number of amides is 1. The van der Waals surface area contributed by atoms with Crippen LogP contribution < -0.4 is 5.32 Å². The predicted octanol–water partition coefficient (Wildman–Crippen LogP) is 3.31. The molecule has 146 valence electrons. The molecular weight excluding hydrogens is 347 g/mol. The van der Waals surface area contributed by atoms with Crippen molar-refractivity contribution in [2.45, 2.75) is 46.1 Å². The Bertz CT molecular complexity index is 777. The van der Waals surface area contributed by atoms with Gasteiger partial charge in [0.2, 0.25) is 17.6 Å². The van der Waals surface area contributed by atoms with Gasteiger partial charge >= 0.3 is 0 Å². The zero-order valence-electron chi connectivity index (χ0n) is 16.0. The van der Waals surface area contributed by atoms with Crippen LogP contribution >= 0.6 is 0 Å². The van der Waals surface area contributed by atoms with Gasteiger partial charge < -0.3 is 9.84 Å². The fraction of sp³-hybridized carbons (Fsp3) is 0.550. The smallest absolute Gasteiger partial charge is 0.241 e. The monoisotopic (exact) mass is 374 g/mol. The first-order valence-electron chi connectivity index (χ1n) is 9.63. The Balaban J connectivity index is 1.55. The number of benzene rings is 1. The molecule has 2 aromatic rings. The van der Waals surface area contributed by atoms with Gasteiger partial charge in [0.05, 0.1) is 6.54 Å². The lowest BCUT2D eigenvalue weighted by atomic mass is 9.98. The molecule has 6 nitrogen and oxygen atoms in total. The Labute approximate surface area is 159 Å². The van der Waals surface area contributed by atoms with E-state index >= 15 is 0 Å². The van der Waals surface area contributed by atoms with Crippen LogP contribution in [0.1, 0.15) is 44.1 Å². The molecular formula is C20H27FN4O2. The summed E-state index contributed by atoms with van der Waals surface area (Å²) in [5.74, 6) is 1.23. The van der Waals surface area contributed by atoms with Crippen molar-refractivity contribution in [3.8, 4) is 11.4 Å². The summed E-state index contributed by atoms with van der Waals surface area (Å²) in [5, 5.41) is 7.01. The van der Waals surface area contributed by atoms with E-state index in [-0.39, 0.29) is 11.7 Å². The number of piperidine rings is 1. The Morgan fingerprint density at radius 3 is 3.07 bits per heavy atom. The number of nitrogens with one attached hydrogen (secondary N) is 1. The van der Waals surface area contributed by atoms with Gasteiger partial charge in [-0.3, -0.25) is 9.69 Å². The average molecular weight is 374 g/mol. The molecule has 1 atom stereocenters. The summed E-state index contributed by atoms with van der Waals surface area (Å²) in [6.45, 7) is 6.87. The summed E-state index contributed by atoms with van der Waals surface area (Å²) >= 11 is 0. The number of hydrogen-bond donors (Lipinski definition) is 1. The standard InChI is InChI=1S/C20H27FN4O2/c1-3-5-18(26)22-11-15-6-4-9-25(12-15)13-19-23-20(24-27-19)16-8-7-14(2)17(21)10-16/h7-8,10,15H,3-6,9,11-13H2,1-2H3,(H,22,26). The van der Waals surface area contributed by atoms with E-state index in [0.29, 0.717) is 48.3 Å². The number of halogens is 1. The molecule has 1 N–H and O–H groups in total. The highest BCUT2D eigenvalue weighted by atomic mass is 19.1. The first-order chi connectivity index (χ1) is 13.0. The van der Waals surface area contributed by atoms with Crippen molar-refractivity contribution in [1.82, 2.24) is 20.4 Å². The lowest BCUT2D eigenvalue weighted by Gasteiger charge is -2.31. The van der Waals surface area contributed by atoms with Gasteiger partial charge in [-0.25, -0.2) is 4.39 Å². The fourth-order valence-electron chi connectivity index (χ4n) is 3.39. The molecule has 1 amide bonds. The summed E-state index contributed by atoms with van der Waals surface area (Å²) in [5.41, 5.74) is 1.20. The van der Waals surface area contributed by atoms with Crippen LogP contribution in [0.25, 0.3) is 11.4 Å². The van der Waals surface area contributed by atoms with E-state index in [0.717, 1.165) is 32.4 Å². The molecule has 1 saturated heterocycles. The molecule has 0 spiro atoms. The third kappa shape index (κ3) is 5.35. The first kappa shape index (κ1) is 19.5. The van der Waals surface area contributed by atoms with Gasteiger partial charge in [-0.1, -0.05) is 24.2 Å². The van der Waals surface area contributed by atoms with Gasteiger partial charge in [-0.2, -0.15) is 4.98 Å². The molecule has 2 heterocycles. The van der Waals surface area contributed by atoms with Crippen LogP contribution in [0.2, 0.25) is 0 Å². The molecule has 3 rings (SSSR count). The molecule has 0 aliphatic carbocycles. The summed E-state index contributed by atoms with van der Waals surface area (Å²) in [6.07, 6.45) is 3.65. The number of carbonyl (C=O) groups is 1. The third-order valence-electron chi connectivity index (χ3n) is 4.93. The van der Waals surface area contributed by atoms with E-state index in [9.17, 15) is 9.18 Å². The molecule has 0 radical (unpaired) electrons. The highest BCUT2D eigenvalue weighted by molar-refractivity contribution is 5.75. The summed E-state index contributed by atoms with van der Waals surface area (Å²) in [6, 6.07) is 4.94. The summed E-state index contributed by atoms with van der Waals surface area (Å²) in [4.78, 5) is 18.3. The molecule has 1 fully saturated rings. The minimum Gasteiger partial charge on any atom is -0.356 e. The van der Waals surface area contributed by atoms with Gasteiger partial charge in [-0.05, 0) is 50.3 Å². The number of rotatable bonds is 7. The van der Waals surface area contributed by atoms with Crippen LogP contribution in [0.3, 0.4) is 0 Å². The minimum absolute atomic E-state index is 0.126. The maximum absolute atomic E-state index is 13.7. The van der Waals surface area contributed by atoms with Crippen LogP contribution in [0.15, 0.2) is 22.7 Å². The number of aryl methyl sites for hydroxylation is 1. The second-order valence-electron chi connectivity index (χ2n) is 7.27. The fourth-order valence-corrected chi connectivity index (χ4v) is 3.39. The van der Waals surface area contributed by atoms with E-state index < -0.39 is 0 Å². The van der Waals surface area contributed by atoms with Crippen molar-refractivity contribution >= 4 is 5.91 Å². The zero-order valence-corrected chi connectivity index (χ0v) is 16.0. The van der Waals surface area contributed by atoms with E-state index in [1.165, 1.54) is 6.07 Å². The summed E-state index contributed by atoms with van der Waals surface area (Å²) in [7, 11) is 0. The molecule has 0 saturated carbocycles. The van der Waals surface area contributed by atoms with E-state index in [1.54, 1.807) is 19.1 Å². The highest BCUT2D eigenvalue weighted by Gasteiger charge is 2.22. The van der Waals surface area contributed by atoms with Crippen molar-refractivity contribution in [2.24, 2.45) is 5.92 Å². The maximum atomic E-state index is 13.7. The quantitative estimate of drug-likeness (QED) is 0.805. The molecule has 1 aromatic carbocycles. The van der Waals surface area contributed by atoms with Gasteiger partial charge in [-0.15, -0.1) is 0 Å². The lowest BCUT2D eigenvalue weighted by molar-refractivity contribution is -0.121. The Hall–Kier alpha value is -2.28. The normalized spacial score (nSPS) is 17.8. The van der Waals surface area contributed by atoms with Crippen molar-refractivity contribution < 1.29 is 13.7 Å². The Morgan fingerprint density at radius 1 is 1.44 bits per heavy atom. The van der Waals surface area contributed by atoms with Crippen molar-refractivity contribution in [1.29, 1.82) is 0 Å². The van der Waals surface area contributed by atoms with Gasteiger partial charge in [0.15, 0.2) is 0 Å². The topological polar surface area (TPSA) is 71.3 Å². The molecule has 1 aromatic heterocycles. The van der Waals surface area contributed by atoms with Gasteiger partial charge in [0, 0.05) is 25.1 Å². The van der Waals surface area contributed by atoms with Crippen LogP contribution in [0.4, 0.5) is 4.39 Å². The van der Waals surface area contributed by atoms with E-state index in [1.807, 2.05) is 6.92 Å². The van der Waals surface area contributed by atoms with Crippen molar-refractivity contribution in [3.05, 3.63) is 35.5 Å². The molecule has 1 aliphatic rings. The van der Waals surface area contributed by atoms with Crippen molar-refractivity contribution in [3.63, 3.8) is 0 Å². The molecule has 27 heavy (non-hydrogen) atoms. The number of nitrogens with zero attached hydrogens (tertiary/aromatic N) is 3. The van der Waals surface area contributed by atoms with Gasteiger partial charge in [0.25, 0.3) is 0 Å². The zero-order chi connectivity index (χ0) is 19.2. The van der Waals surface area contributed by atoms with Crippen molar-refractivity contribution in [2.75, 3.05) is 19.6 Å². The minimum atomic E-state index is -0.275. The molecule has 1 aliphatic heterocycles. The predicted molar refractivity (Wildman–Crippen MR) is 100 cm³/mol. The van der Waals surface area contributed by atoms with Crippen LogP contribution in [0.5, 0.6) is 0 Å². The number of carbonyl (C=O) groups excluding carboxylic acids is 1. The summed E-state index contributed by atoms with van der Waals surface area (Å²) < 4.78 is 19.1. The largest absolute Gasteiger partial charge is 0.356 e. The lowest BCUT2D eigenvalue weighted by Crippen LogP contribution is -2.40. The Morgan fingerprint density at radius 2 is 2.30 bits per heavy atom. The average Bonchev–Trinajstić information content (AvgIpc) is 3.11. The van der Waals surface area contributed by atoms with E-state index in [4.69, 9.17) is 4.52 Å². The number of aromatic nitrogens is 2. The maximum Gasteiger partial charge on any atom is 0.241 e. The third-order valence-corrected chi connectivity index (χ3v) is 4.93. The van der Waals surface area contributed by atoms with Gasteiger partial charge in [0.1, 0.15) is 5.82 Å².